The van der Waals surface area contributed by atoms with Gasteiger partial charge in [-0.3, -0.25) is 0 Å². The molecule has 0 heterocycles. The average Bonchev–Trinajstić information content (AvgIpc) is 2.41. The molecule has 0 amide bonds. The van der Waals surface area contributed by atoms with Crippen LogP contribution in [0.25, 0.3) is 0 Å². The molecule has 94 valence electrons. The van der Waals surface area contributed by atoms with Crippen LogP contribution < -0.4 is 5.73 Å². The van der Waals surface area contributed by atoms with Crippen molar-refractivity contribution < 1.29 is 0 Å². The van der Waals surface area contributed by atoms with Crippen LogP contribution >= 0.6 is 15.9 Å². The SMILES string of the molecule is NCC(Cc1ccccc1)Cc1ccccc1Br. The molecule has 18 heavy (non-hydrogen) atoms. The second-order valence-electron chi connectivity index (χ2n) is 4.59. The number of hydrogen-bond acceptors (Lipinski definition) is 1. The fourth-order valence-electron chi connectivity index (χ4n) is 2.16. The third-order valence-corrected chi connectivity index (χ3v) is 3.94. The fraction of sp³-hybridized carbons (Fsp3) is 0.250. The summed E-state index contributed by atoms with van der Waals surface area (Å²) in [6, 6.07) is 18.9. The molecule has 2 rings (SSSR count). The topological polar surface area (TPSA) is 26.0 Å². The van der Waals surface area contributed by atoms with E-state index in [1.54, 1.807) is 0 Å². The summed E-state index contributed by atoms with van der Waals surface area (Å²) in [7, 11) is 0. The molecule has 0 saturated carbocycles. The van der Waals surface area contributed by atoms with E-state index in [1.807, 2.05) is 6.07 Å². The Morgan fingerprint density at radius 2 is 1.56 bits per heavy atom. The van der Waals surface area contributed by atoms with Crippen LogP contribution in [0.5, 0.6) is 0 Å². The minimum Gasteiger partial charge on any atom is -0.330 e. The zero-order valence-electron chi connectivity index (χ0n) is 10.4. The molecule has 1 nitrogen and oxygen atoms in total. The summed E-state index contributed by atoms with van der Waals surface area (Å²) in [6.07, 6.45) is 2.06. The van der Waals surface area contributed by atoms with E-state index in [4.69, 9.17) is 5.73 Å². The Labute approximate surface area is 117 Å². The zero-order chi connectivity index (χ0) is 12.8. The third kappa shape index (κ3) is 3.69. The van der Waals surface area contributed by atoms with E-state index in [-0.39, 0.29) is 0 Å². The van der Waals surface area contributed by atoms with Gasteiger partial charge < -0.3 is 5.73 Å². The van der Waals surface area contributed by atoms with Gasteiger partial charge in [-0.25, -0.2) is 0 Å². The number of nitrogens with two attached hydrogens (primary N) is 1. The molecule has 0 aliphatic carbocycles. The van der Waals surface area contributed by atoms with Crippen molar-refractivity contribution in [3.05, 3.63) is 70.2 Å². The third-order valence-electron chi connectivity index (χ3n) is 3.17. The maximum absolute atomic E-state index is 5.90. The molecule has 1 unspecified atom stereocenters. The van der Waals surface area contributed by atoms with E-state index in [2.05, 4.69) is 64.5 Å². The molecule has 0 aromatic heterocycles. The molecule has 0 radical (unpaired) electrons. The Morgan fingerprint density at radius 1 is 0.889 bits per heavy atom. The maximum atomic E-state index is 5.90. The lowest BCUT2D eigenvalue weighted by Crippen LogP contribution is -2.19. The highest BCUT2D eigenvalue weighted by Crippen LogP contribution is 2.21. The zero-order valence-corrected chi connectivity index (χ0v) is 11.9. The maximum Gasteiger partial charge on any atom is 0.0207 e. The Kier molecular flexibility index (Phi) is 4.97. The molecular weight excluding hydrogens is 286 g/mol. The van der Waals surface area contributed by atoms with Gasteiger partial charge in [0.05, 0.1) is 0 Å². The first kappa shape index (κ1) is 13.3. The Morgan fingerprint density at radius 3 is 2.22 bits per heavy atom. The predicted molar refractivity (Wildman–Crippen MR) is 80.5 cm³/mol. The number of halogens is 1. The smallest absolute Gasteiger partial charge is 0.0207 e. The van der Waals surface area contributed by atoms with Crippen molar-refractivity contribution >= 4 is 15.9 Å². The van der Waals surface area contributed by atoms with Crippen molar-refractivity contribution in [3.8, 4) is 0 Å². The number of rotatable bonds is 5. The van der Waals surface area contributed by atoms with Gasteiger partial charge in [0.1, 0.15) is 0 Å². The van der Waals surface area contributed by atoms with Crippen molar-refractivity contribution in [2.24, 2.45) is 11.7 Å². The minimum absolute atomic E-state index is 0.492. The lowest BCUT2D eigenvalue weighted by molar-refractivity contribution is 0.532. The van der Waals surface area contributed by atoms with Crippen LogP contribution in [0.3, 0.4) is 0 Å². The summed E-state index contributed by atoms with van der Waals surface area (Å²) < 4.78 is 1.18. The molecule has 0 spiro atoms. The highest BCUT2D eigenvalue weighted by Gasteiger charge is 2.10. The molecule has 2 aromatic rings. The van der Waals surface area contributed by atoms with Gasteiger partial charge in [0, 0.05) is 4.47 Å². The van der Waals surface area contributed by atoms with Crippen molar-refractivity contribution in [2.75, 3.05) is 6.54 Å². The first-order valence-corrected chi connectivity index (χ1v) is 7.06. The standard InChI is InChI=1S/C16H18BrN/c17-16-9-5-4-8-15(16)11-14(12-18)10-13-6-2-1-3-7-13/h1-9,14H,10-12,18H2. The fourth-order valence-corrected chi connectivity index (χ4v) is 2.61. The second kappa shape index (κ2) is 6.72. The van der Waals surface area contributed by atoms with Crippen LogP contribution in [-0.4, -0.2) is 6.54 Å². The van der Waals surface area contributed by atoms with Gasteiger partial charge in [-0.2, -0.15) is 0 Å². The molecule has 0 fully saturated rings. The van der Waals surface area contributed by atoms with Crippen LogP contribution in [0.4, 0.5) is 0 Å². The molecule has 2 heteroatoms. The molecule has 0 aliphatic rings. The summed E-state index contributed by atoms with van der Waals surface area (Å²) in [5.74, 6) is 0.492. The summed E-state index contributed by atoms with van der Waals surface area (Å²) in [6.45, 7) is 0.718. The summed E-state index contributed by atoms with van der Waals surface area (Å²) in [4.78, 5) is 0. The summed E-state index contributed by atoms with van der Waals surface area (Å²) in [5.41, 5.74) is 8.60. The van der Waals surface area contributed by atoms with E-state index < -0.39 is 0 Å². The monoisotopic (exact) mass is 303 g/mol. The van der Waals surface area contributed by atoms with E-state index in [0.717, 1.165) is 19.4 Å². The molecule has 2 N–H and O–H groups in total. The van der Waals surface area contributed by atoms with Gasteiger partial charge in [0.2, 0.25) is 0 Å². The van der Waals surface area contributed by atoms with Crippen LogP contribution in [0.2, 0.25) is 0 Å². The largest absolute Gasteiger partial charge is 0.330 e. The molecule has 2 aromatic carbocycles. The van der Waals surface area contributed by atoms with E-state index in [1.165, 1.54) is 15.6 Å². The van der Waals surface area contributed by atoms with Crippen LogP contribution in [0, 0.1) is 5.92 Å². The van der Waals surface area contributed by atoms with Gasteiger partial charge in [0.25, 0.3) is 0 Å². The molecule has 0 saturated heterocycles. The van der Waals surface area contributed by atoms with Gasteiger partial charge in [-0.15, -0.1) is 0 Å². The highest BCUT2D eigenvalue weighted by atomic mass is 79.9. The van der Waals surface area contributed by atoms with E-state index in [0.29, 0.717) is 5.92 Å². The first-order chi connectivity index (χ1) is 8.79. The first-order valence-electron chi connectivity index (χ1n) is 6.27. The van der Waals surface area contributed by atoms with Crippen LogP contribution in [0.15, 0.2) is 59.1 Å². The quantitative estimate of drug-likeness (QED) is 0.893. The normalized spacial score (nSPS) is 12.3. The van der Waals surface area contributed by atoms with Gasteiger partial charge in [-0.1, -0.05) is 64.5 Å². The second-order valence-corrected chi connectivity index (χ2v) is 5.44. The molecule has 0 bridgehead atoms. The Hall–Kier alpha value is -1.12. The highest BCUT2D eigenvalue weighted by molar-refractivity contribution is 9.10. The van der Waals surface area contributed by atoms with Gasteiger partial charge in [0.15, 0.2) is 0 Å². The summed E-state index contributed by atoms with van der Waals surface area (Å²) in [5, 5.41) is 0. The number of benzene rings is 2. The van der Waals surface area contributed by atoms with E-state index in [9.17, 15) is 0 Å². The lowest BCUT2D eigenvalue weighted by atomic mass is 9.93. The van der Waals surface area contributed by atoms with Crippen molar-refractivity contribution in [3.63, 3.8) is 0 Å². The average molecular weight is 304 g/mol. The van der Waals surface area contributed by atoms with Crippen LogP contribution in [-0.2, 0) is 12.8 Å². The Bertz CT molecular complexity index is 481. The lowest BCUT2D eigenvalue weighted by Gasteiger charge is -2.15. The molecule has 1 atom stereocenters. The molecular formula is C16H18BrN. The van der Waals surface area contributed by atoms with Gasteiger partial charge in [-0.05, 0) is 42.5 Å². The van der Waals surface area contributed by atoms with Gasteiger partial charge >= 0.3 is 0 Å². The Balaban J connectivity index is 2.04. The van der Waals surface area contributed by atoms with Crippen molar-refractivity contribution in [2.45, 2.75) is 12.8 Å². The summed E-state index contributed by atoms with van der Waals surface area (Å²) >= 11 is 3.60. The number of hydrogen-bond donors (Lipinski definition) is 1. The van der Waals surface area contributed by atoms with E-state index >= 15 is 0 Å². The predicted octanol–water partition coefficient (Wildman–Crippen LogP) is 3.81. The minimum atomic E-state index is 0.492. The van der Waals surface area contributed by atoms with Crippen LogP contribution in [0.1, 0.15) is 11.1 Å². The molecule has 0 aliphatic heterocycles. The van der Waals surface area contributed by atoms with Crippen molar-refractivity contribution in [1.82, 2.24) is 0 Å². The van der Waals surface area contributed by atoms with Crippen molar-refractivity contribution in [1.29, 1.82) is 0 Å².